The summed E-state index contributed by atoms with van der Waals surface area (Å²) in [5.74, 6) is 0.611. The van der Waals surface area contributed by atoms with Gasteiger partial charge in [-0.25, -0.2) is 9.97 Å². The molecule has 2 N–H and O–H groups in total. The summed E-state index contributed by atoms with van der Waals surface area (Å²) in [5.41, 5.74) is 7.72. The van der Waals surface area contributed by atoms with Gasteiger partial charge in [0.05, 0.1) is 17.9 Å². The number of carbonyl (C=O) groups excluding carboxylic acids is 2. The van der Waals surface area contributed by atoms with Crippen molar-refractivity contribution in [2.45, 2.75) is 12.5 Å². The summed E-state index contributed by atoms with van der Waals surface area (Å²) in [5, 5.41) is 0. The highest BCUT2D eigenvalue weighted by Gasteiger charge is 2.22. The smallest absolute Gasteiger partial charge is 0.248 e. The maximum Gasteiger partial charge on any atom is 0.248 e. The van der Waals surface area contributed by atoms with Gasteiger partial charge < -0.3 is 15.2 Å². The third-order valence-corrected chi connectivity index (χ3v) is 4.47. The van der Waals surface area contributed by atoms with Gasteiger partial charge in [-0.05, 0) is 35.9 Å². The Labute approximate surface area is 161 Å². The van der Waals surface area contributed by atoms with Crippen LogP contribution >= 0.6 is 0 Å². The van der Waals surface area contributed by atoms with E-state index in [-0.39, 0.29) is 5.78 Å². The molecule has 0 bridgehead atoms. The second kappa shape index (κ2) is 7.48. The predicted octanol–water partition coefficient (Wildman–Crippen LogP) is 2.71. The summed E-state index contributed by atoms with van der Waals surface area (Å²) >= 11 is 0. The predicted molar refractivity (Wildman–Crippen MR) is 100 cm³/mol. The van der Waals surface area contributed by atoms with Gasteiger partial charge in [-0.1, -0.05) is 12.1 Å². The first-order valence-electron chi connectivity index (χ1n) is 8.74. The normalized spacial score (nSPS) is 13.9. The largest absolute Gasteiger partial charge is 0.492 e. The van der Waals surface area contributed by atoms with E-state index >= 15 is 0 Å². The Kier molecular flexibility index (Phi) is 4.72. The number of nitrogens with zero attached hydrogens (tertiary/aromatic N) is 2. The molecule has 2 heterocycles. The van der Waals surface area contributed by atoms with Crippen molar-refractivity contribution in [1.82, 2.24) is 9.97 Å². The molecule has 1 amide bonds. The van der Waals surface area contributed by atoms with E-state index < -0.39 is 12.0 Å². The van der Waals surface area contributed by atoms with E-state index in [1.807, 2.05) is 0 Å². The Bertz CT molecular complexity index is 1020. The van der Waals surface area contributed by atoms with Crippen LogP contribution in [0, 0.1) is 0 Å². The number of benzene rings is 2. The van der Waals surface area contributed by atoms with Crippen molar-refractivity contribution in [3.63, 3.8) is 0 Å². The molecule has 7 heteroatoms. The number of carbonyl (C=O) groups is 2. The Morgan fingerprint density at radius 1 is 1.14 bits per heavy atom. The number of Topliss-reactive ketones (excluding diaryl/α,β-unsaturated/α-hetero) is 1. The number of nitrogens with two attached hydrogens (primary N) is 1. The summed E-state index contributed by atoms with van der Waals surface area (Å²) in [6, 6.07) is 13.7. The minimum absolute atomic E-state index is 0.0576. The minimum Gasteiger partial charge on any atom is -0.492 e. The molecule has 1 aromatic heterocycles. The molecule has 0 fully saturated rings. The van der Waals surface area contributed by atoms with Gasteiger partial charge in [0.2, 0.25) is 5.91 Å². The van der Waals surface area contributed by atoms with Crippen LogP contribution in [-0.4, -0.2) is 28.3 Å². The van der Waals surface area contributed by atoms with Crippen LogP contribution in [0.1, 0.15) is 44.5 Å². The molecule has 0 saturated carbocycles. The quantitative estimate of drug-likeness (QED) is 0.735. The van der Waals surface area contributed by atoms with Gasteiger partial charge in [0.15, 0.2) is 11.9 Å². The second-order valence-electron chi connectivity index (χ2n) is 6.30. The van der Waals surface area contributed by atoms with E-state index in [0.717, 1.165) is 5.56 Å². The third kappa shape index (κ3) is 3.55. The lowest BCUT2D eigenvalue weighted by molar-refractivity contribution is 0.0932. The topological polar surface area (TPSA) is 104 Å². The van der Waals surface area contributed by atoms with Gasteiger partial charge in [-0.3, -0.25) is 9.59 Å². The fraction of sp³-hybridized carbons (Fsp3) is 0.143. The van der Waals surface area contributed by atoms with E-state index in [0.29, 0.717) is 41.3 Å². The molecule has 4 rings (SSSR count). The lowest BCUT2D eigenvalue weighted by Gasteiger charge is -2.21. The first-order valence-corrected chi connectivity index (χ1v) is 8.74. The molecule has 0 radical (unpaired) electrons. The molecule has 1 atom stereocenters. The number of aromatic nitrogens is 2. The van der Waals surface area contributed by atoms with Crippen molar-refractivity contribution in [2.75, 3.05) is 6.61 Å². The van der Waals surface area contributed by atoms with Crippen LogP contribution in [-0.2, 0) is 0 Å². The molecule has 3 aromatic rings. The monoisotopic (exact) mass is 375 g/mol. The molecule has 2 aromatic carbocycles. The average molecular weight is 375 g/mol. The standard InChI is InChI=1S/C21H17N3O4/c22-21(26)14-3-1-13(2-4-14)20(17-7-9-23-12-24-17)28-15-5-6-16-18(25)8-10-27-19(16)11-15/h1-7,9,11-12,20H,8,10H2,(H2,22,26)/t20-/m1/s1. The lowest BCUT2D eigenvalue weighted by atomic mass is 10.0. The highest BCUT2D eigenvalue weighted by molar-refractivity contribution is 5.99. The molecule has 1 aliphatic rings. The first kappa shape index (κ1) is 17.7. The van der Waals surface area contributed by atoms with E-state index in [2.05, 4.69) is 9.97 Å². The number of rotatable bonds is 5. The maximum atomic E-state index is 12.0. The number of amides is 1. The fourth-order valence-electron chi connectivity index (χ4n) is 3.03. The Balaban J connectivity index is 1.68. The number of hydrogen-bond donors (Lipinski definition) is 1. The molecule has 0 aliphatic carbocycles. The van der Waals surface area contributed by atoms with Gasteiger partial charge in [0.25, 0.3) is 0 Å². The van der Waals surface area contributed by atoms with Crippen molar-refractivity contribution < 1.29 is 19.1 Å². The van der Waals surface area contributed by atoms with Crippen molar-refractivity contribution >= 4 is 11.7 Å². The SMILES string of the molecule is NC(=O)c1ccc([C@@H](Oc2ccc3c(c2)OCCC3=O)c2ccncn2)cc1. The number of primary amides is 1. The zero-order valence-electron chi connectivity index (χ0n) is 14.9. The van der Waals surface area contributed by atoms with Crippen molar-refractivity contribution in [2.24, 2.45) is 5.73 Å². The first-order chi connectivity index (χ1) is 13.6. The molecule has 7 nitrogen and oxygen atoms in total. The Hall–Kier alpha value is -3.74. The van der Waals surface area contributed by atoms with Crippen LogP contribution in [0.25, 0.3) is 0 Å². The molecule has 1 aliphatic heterocycles. The Morgan fingerprint density at radius 2 is 1.96 bits per heavy atom. The van der Waals surface area contributed by atoms with E-state index in [9.17, 15) is 9.59 Å². The average Bonchev–Trinajstić information content (AvgIpc) is 2.73. The van der Waals surface area contributed by atoms with Gasteiger partial charge in [0.1, 0.15) is 17.8 Å². The van der Waals surface area contributed by atoms with Crippen LogP contribution in [0.4, 0.5) is 0 Å². The van der Waals surface area contributed by atoms with Gasteiger partial charge in [-0.15, -0.1) is 0 Å². The minimum atomic E-state index is -0.540. The third-order valence-electron chi connectivity index (χ3n) is 4.47. The number of ketones is 1. The van der Waals surface area contributed by atoms with E-state index in [4.69, 9.17) is 15.2 Å². The van der Waals surface area contributed by atoms with Crippen molar-refractivity contribution in [3.05, 3.63) is 83.4 Å². The van der Waals surface area contributed by atoms with Crippen LogP contribution in [0.5, 0.6) is 11.5 Å². The van der Waals surface area contributed by atoms with Crippen LogP contribution in [0.3, 0.4) is 0 Å². The summed E-state index contributed by atoms with van der Waals surface area (Å²) in [7, 11) is 0. The number of hydrogen-bond acceptors (Lipinski definition) is 6. The summed E-state index contributed by atoms with van der Waals surface area (Å²) < 4.78 is 11.8. The second-order valence-corrected chi connectivity index (χ2v) is 6.30. The van der Waals surface area contributed by atoms with Crippen molar-refractivity contribution in [1.29, 1.82) is 0 Å². The molecule has 0 saturated heterocycles. The summed E-state index contributed by atoms with van der Waals surface area (Å²) in [6.07, 6.45) is 2.91. The molecule has 28 heavy (non-hydrogen) atoms. The van der Waals surface area contributed by atoms with Crippen molar-refractivity contribution in [3.8, 4) is 11.5 Å². The molecular weight excluding hydrogens is 358 g/mol. The number of ether oxygens (including phenoxy) is 2. The summed E-state index contributed by atoms with van der Waals surface area (Å²) in [4.78, 5) is 31.6. The zero-order chi connectivity index (χ0) is 19.5. The van der Waals surface area contributed by atoms with Crippen LogP contribution in [0.2, 0.25) is 0 Å². The van der Waals surface area contributed by atoms with E-state index in [1.54, 1.807) is 54.7 Å². The van der Waals surface area contributed by atoms with Gasteiger partial charge in [-0.2, -0.15) is 0 Å². The highest BCUT2D eigenvalue weighted by Crippen LogP contribution is 2.33. The van der Waals surface area contributed by atoms with Gasteiger partial charge in [0, 0.05) is 24.2 Å². The van der Waals surface area contributed by atoms with Gasteiger partial charge >= 0.3 is 0 Å². The van der Waals surface area contributed by atoms with E-state index in [1.165, 1.54) is 6.33 Å². The molecule has 0 unspecified atom stereocenters. The molecular formula is C21H17N3O4. The fourth-order valence-corrected chi connectivity index (χ4v) is 3.03. The number of fused-ring (bicyclic) bond motifs is 1. The zero-order valence-corrected chi connectivity index (χ0v) is 14.9. The maximum absolute atomic E-state index is 12.0. The van der Waals surface area contributed by atoms with Crippen LogP contribution in [0.15, 0.2) is 61.1 Å². The molecule has 0 spiro atoms. The lowest BCUT2D eigenvalue weighted by Crippen LogP contribution is -2.16. The Morgan fingerprint density at radius 3 is 2.68 bits per heavy atom. The molecule has 140 valence electrons. The summed E-state index contributed by atoms with van der Waals surface area (Å²) in [6.45, 7) is 0.360. The van der Waals surface area contributed by atoms with Crippen LogP contribution < -0.4 is 15.2 Å². The highest BCUT2D eigenvalue weighted by atomic mass is 16.5.